The monoisotopic (exact) mass is 329 g/mol. The Morgan fingerprint density at radius 3 is 2.65 bits per heavy atom. The molecule has 0 atom stereocenters. The maximum Gasteiger partial charge on any atom is 0.348 e. The van der Waals surface area contributed by atoms with Crippen LogP contribution >= 0.6 is 11.3 Å². The van der Waals surface area contributed by atoms with E-state index in [1.54, 1.807) is 0 Å². The highest BCUT2D eigenvalue weighted by Crippen LogP contribution is 2.30. The number of hydrogen-bond donors (Lipinski definition) is 1. The minimum Gasteiger partial charge on any atom is -0.451 e. The summed E-state index contributed by atoms with van der Waals surface area (Å²) in [5.41, 5.74) is 4.00. The van der Waals surface area contributed by atoms with Crippen molar-refractivity contribution in [1.82, 2.24) is 0 Å². The van der Waals surface area contributed by atoms with Gasteiger partial charge < -0.3 is 10.1 Å². The summed E-state index contributed by atoms with van der Waals surface area (Å²) < 4.78 is 5.14. The number of anilines is 1. The van der Waals surface area contributed by atoms with Crippen molar-refractivity contribution in [3.8, 4) is 0 Å². The molecule has 1 heterocycles. The van der Waals surface area contributed by atoms with Crippen LogP contribution in [0.2, 0.25) is 0 Å². The van der Waals surface area contributed by atoms with Crippen molar-refractivity contribution in [2.75, 3.05) is 11.9 Å². The highest BCUT2D eigenvalue weighted by atomic mass is 32.1. The van der Waals surface area contributed by atoms with E-state index in [2.05, 4.69) is 5.32 Å². The summed E-state index contributed by atoms with van der Waals surface area (Å²) in [4.78, 5) is 25.9. The number of benzene rings is 1. The molecule has 5 heteroatoms. The van der Waals surface area contributed by atoms with Crippen LogP contribution in [0.25, 0.3) is 0 Å². The molecular weight excluding hydrogens is 310 g/mol. The molecule has 3 rings (SSSR count). The van der Waals surface area contributed by atoms with E-state index in [-0.39, 0.29) is 12.5 Å². The van der Waals surface area contributed by atoms with Gasteiger partial charge in [-0.15, -0.1) is 11.3 Å². The lowest BCUT2D eigenvalue weighted by Gasteiger charge is -2.11. The minimum atomic E-state index is -0.416. The number of esters is 1. The average Bonchev–Trinajstić information content (AvgIpc) is 3.10. The molecular formula is C18H19NO3S. The van der Waals surface area contributed by atoms with E-state index < -0.39 is 5.97 Å². The summed E-state index contributed by atoms with van der Waals surface area (Å²) in [7, 11) is 0. The van der Waals surface area contributed by atoms with Gasteiger partial charge in [0.15, 0.2) is 6.61 Å². The Morgan fingerprint density at radius 2 is 1.96 bits per heavy atom. The van der Waals surface area contributed by atoms with Gasteiger partial charge in [-0.2, -0.15) is 0 Å². The van der Waals surface area contributed by atoms with E-state index in [4.69, 9.17) is 4.74 Å². The lowest BCUT2D eigenvalue weighted by atomic mass is 10.1. The first-order chi connectivity index (χ1) is 11.0. The molecule has 0 bridgehead atoms. The summed E-state index contributed by atoms with van der Waals surface area (Å²) in [6, 6.07) is 7.71. The predicted octanol–water partition coefficient (Wildman–Crippen LogP) is 3.65. The van der Waals surface area contributed by atoms with Gasteiger partial charge in [0.1, 0.15) is 4.88 Å². The molecule has 1 aromatic heterocycles. The van der Waals surface area contributed by atoms with Gasteiger partial charge in [-0.1, -0.05) is 18.2 Å². The van der Waals surface area contributed by atoms with Gasteiger partial charge in [0.2, 0.25) is 0 Å². The normalized spacial score (nSPS) is 12.8. The molecule has 0 unspecified atom stereocenters. The number of amides is 1. The molecule has 23 heavy (non-hydrogen) atoms. The van der Waals surface area contributed by atoms with Crippen LogP contribution in [0.1, 0.15) is 37.7 Å². The van der Waals surface area contributed by atoms with E-state index in [9.17, 15) is 9.59 Å². The number of carbonyl (C=O) groups is 2. The zero-order valence-corrected chi connectivity index (χ0v) is 14.1. The minimum absolute atomic E-state index is 0.269. The largest absolute Gasteiger partial charge is 0.451 e. The van der Waals surface area contributed by atoms with Crippen LogP contribution < -0.4 is 5.32 Å². The van der Waals surface area contributed by atoms with Gasteiger partial charge in [0.25, 0.3) is 5.91 Å². The maximum absolute atomic E-state index is 12.0. The zero-order chi connectivity index (χ0) is 16.4. The van der Waals surface area contributed by atoms with Crippen molar-refractivity contribution in [1.29, 1.82) is 0 Å². The Balaban J connectivity index is 1.57. The Kier molecular flexibility index (Phi) is 4.48. The standard InChI is InChI=1S/C18H19NO3S/c1-11-5-3-6-12(2)17(11)19-16(20)10-22-18(21)15-9-13-7-4-8-14(13)23-15/h3,5-6,9H,4,7-8,10H2,1-2H3,(H,19,20). The van der Waals surface area contributed by atoms with Crippen LogP contribution in [-0.2, 0) is 22.4 Å². The first-order valence-corrected chi connectivity index (χ1v) is 8.51. The fourth-order valence-electron chi connectivity index (χ4n) is 2.82. The van der Waals surface area contributed by atoms with Crippen LogP contribution in [0.5, 0.6) is 0 Å². The fraction of sp³-hybridized carbons (Fsp3) is 0.333. The lowest BCUT2D eigenvalue weighted by Crippen LogP contribution is -2.21. The Bertz CT molecular complexity index is 722. The Morgan fingerprint density at radius 1 is 1.22 bits per heavy atom. The summed E-state index contributed by atoms with van der Waals surface area (Å²) >= 11 is 1.48. The molecule has 120 valence electrons. The third-order valence-electron chi connectivity index (χ3n) is 4.03. The Hall–Kier alpha value is -2.14. The van der Waals surface area contributed by atoms with Crippen molar-refractivity contribution in [3.63, 3.8) is 0 Å². The number of carbonyl (C=O) groups excluding carboxylic acids is 2. The second kappa shape index (κ2) is 6.54. The molecule has 0 saturated heterocycles. The number of fused-ring (bicyclic) bond motifs is 1. The lowest BCUT2D eigenvalue weighted by molar-refractivity contribution is -0.119. The fourth-order valence-corrected chi connectivity index (χ4v) is 3.97. The van der Waals surface area contributed by atoms with E-state index in [0.29, 0.717) is 4.88 Å². The second-order valence-corrected chi connectivity index (χ2v) is 6.94. The summed E-state index contributed by atoms with van der Waals surface area (Å²) in [6.45, 7) is 3.60. The molecule has 0 saturated carbocycles. The number of nitrogens with one attached hydrogen (secondary N) is 1. The van der Waals surface area contributed by atoms with E-state index >= 15 is 0 Å². The van der Waals surface area contributed by atoms with E-state index in [1.807, 2.05) is 38.1 Å². The summed E-state index contributed by atoms with van der Waals surface area (Å²) in [5, 5.41) is 2.81. The second-order valence-electron chi connectivity index (χ2n) is 5.80. The van der Waals surface area contributed by atoms with Crippen LogP contribution in [-0.4, -0.2) is 18.5 Å². The maximum atomic E-state index is 12.0. The summed E-state index contributed by atoms with van der Waals surface area (Å²) in [5.74, 6) is -0.735. The quantitative estimate of drug-likeness (QED) is 0.871. The number of aryl methyl sites for hydroxylation is 4. The average molecular weight is 329 g/mol. The van der Waals surface area contributed by atoms with Crippen molar-refractivity contribution >= 4 is 28.9 Å². The summed E-state index contributed by atoms with van der Waals surface area (Å²) in [6.07, 6.45) is 3.24. The van der Waals surface area contributed by atoms with Gasteiger partial charge in [-0.05, 0) is 55.9 Å². The number of thiophene rings is 1. The number of rotatable bonds is 4. The highest BCUT2D eigenvalue weighted by molar-refractivity contribution is 7.14. The molecule has 0 spiro atoms. The SMILES string of the molecule is Cc1cccc(C)c1NC(=O)COC(=O)c1cc2c(s1)CCC2. The molecule has 0 radical (unpaired) electrons. The van der Waals surface area contributed by atoms with Gasteiger partial charge >= 0.3 is 5.97 Å². The van der Waals surface area contributed by atoms with Crippen LogP contribution in [0.15, 0.2) is 24.3 Å². The van der Waals surface area contributed by atoms with Gasteiger partial charge in [0.05, 0.1) is 0 Å². The first kappa shape index (κ1) is 15.7. The molecule has 1 aliphatic rings. The van der Waals surface area contributed by atoms with Crippen LogP contribution in [0.4, 0.5) is 5.69 Å². The third kappa shape index (κ3) is 3.45. The molecule has 2 aromatic rings. The molecule has 0 aliphatic heterocycles. The van der Waals surface area contributed by atoms with Crippen LogP contribution in [0.3, 0.4) is 0 Å². The topological polar surface area (TPSA) is 55.4 Å². The number of ether oxygens (including phenoxy) is 1. The van der Waals surface area contributed by atoms with Crippen molar-refractivity contribution in [3.05, 3.63) is 50.7 Å². The molecule has 4 nitrogen and oxygen atoms in total. The number of para-hydroxylation sites is 1. The molecule has 1 aromatic carbocycles. The van der Waals surface area contributed by atoms with Gasteiger partial charge in [0, 0.05) is 10.6 Å². The Labute approximate surface area is 139 Å². The van der Waals surface area contributed by atoms with Crippen molar-refractivity contribution in [2.45, 2.75) is 33.1 Å². The zero-order valence-electron chi connectivity index (χ0n) is 13.3. The molecule has 1 amide bonds. The van der Waals surface area contributed by atoms with Crippen molar-refractivity contribution in [2.24, 2.45) is 0 Å². The smallest absolute Gasteiger partial charge is 0.348 e. The van der Waals surface area contributed by atoms with E-state index in [1.165, 1.54) is 21.8 Å². The predicted molar refractivity (Wildman–Crippen MR) is 91.2 cm³/mol. The molecule has 1 N–H and O–H groups in total. The van der Waals surface area contributed by atoms with Gasteiger partial charge in [-0.3, -0.25) is 4.79 Å². The van der Waals surface area contributed by atoms with Crippen LogP contribution in [0, 0.1) is 13.8 Å². The third-order valence-corrected chi connectivity index (χ3v) is 5.24. The molecule has 0 fully saturated rings. The number of hydrogen-bond acceptors (Lipinski definition) is 4. The van der Waals surface area contributed by atoms with E-state index in [0.717, 1.165) is 36.1 Å². The van der Waals surface area contributed by atoms with Gasteiger partial charge in [-0.25, -0.2) is 4.79 Å². The highest BCUT2D eigenvalue weighted by Gasteiger charge is 2.20. The van der Waals surface area contributed by atoms with Crippen molar-refractivity contribution < 1.29 is 14.3 Å². The first-order valence-electron chi connectivity index (χ1n) is 7.69. The molecule has 1 aliphatic carbocycles.